The highest BCUT2D eigenvalue weighted by Gasteiger charge is 2.11. The third-order valence-corrected chi connectivity index (χ3v) is 2.97. The molecule has 2 N–H and O–H groups in total. The van der Waals surface area contributed by atoms with Crippen molar-refractivity contribution >= 4 is 10.9 Å². The van der Waals surface area contributed by atoms with Crippen molar-refractivity contribution in [1.82, 2.24) is 14.5 Å². The number of hydrogen-bond donors (Lipinski definition) is 2. The first kappa shape index (κ1) is 12.2. The van der Waals surface area contributed by atoms with E-state index in [1.807, 2.05) is 13.0 Å². The second-order valence-electron chi connectivity index (χ2n) is 4.47. The number of phenols is 2. The van der Waals surface area contributed by atoms with Gasteiger partial charge < -0.3 is 10.2 Å². The second kappa shape index (κ2) is 4.34. The van der Waals surface area contributed by atoms with Crippen LogP contribution >= 0.6 is 0 Å². The maximum absolute atomic E-state index is 12.4. The number of aromatic nitrogens is 3. The zero-order chi connectivity index (χ0) is 14.3. The van der Waals surface area contributed by atoms with Gasteiger partial charge >= 0.3 is 0 Å². The number of phenolic OH excluding ortho intramolecular Hbond substituents is 2. The van der Waals surface area contributed by atoms with Gasteiger partial charge in [-0.1, -0.05) is 6.07 Å². The Hall–Kier alpha value is -2.89. The highest BCUT2D eigenvalue weighted by atomic mass is 16.3. The molecule has 2 aromatic heterocycles. The van der Waals surface area contributed by atoms with Gasteiger partial charge in [0.15, 0.2) is 0 Å². The van der Waals surface area contributed by atoms with Crippen LogP contribution in [0.3, 0.4) is 0 Å². The fraction of sp³-hybridized carbons (Fsp3) is 0.0714. The molecule has 3 rings (SSSR count). The van der Waals surface area contributed by atoms with Crippen molar-refractivity contribution in [3.63, 3.8) is 0 Å². The summed E-state index contributed by atoms with van der Waals surface area (Å²) in [4.78, 5) is 20.6. The molecule has 0 aliphatic carbocycles. The first-order valence-electron chi connectivity index (χ1n) is 5.92. The van der Waals surface area contributed by atoms with E-state index in [0.717, 1.165) is 11.6 Å². The van der Waals surface area contributed by atoms with E-state index in [1.165, 1.54) is 17.0 Å². The Morgan fingerprint density at radius 3 is 2.65 bits per heavy atom. The van der Waals surface area contributed by atoms with Crippen LogP contribution in [0.2, 0.25) is 0 Å². The van der Waals surface area contributed by atoms with Gasteiger partial charge in [0.1, 0.15) is 29.0 Å². The van der Waals surface area contributed by atoms with Crippen molar-refractivity contribution in [2.75, 3.05) is 0 Å². The third-order valence-electron chi connectivity index (χ3n) is 2.97. The summed E-state index contributed by atoms with van der Waals surface area (Å²) >= 11 is 0. The predicted octanol–water partition coefficient (Wildman–Crippen LogP) is 1.50. The van der Waals surface area contributed by atoms with Crippen LogP contribution < -0.4 is 5.56 Å². The summed E-state index contributed by atoms with van der Waals surface area (Å²) in [5, 5.41) is 19.3. The topological polar surface area (TPSA) is 88.2 Å². The van der Waals surface area contributed by atoms with E-state index in [2.05, 4.69) is 9.97 Å². The number of hydrogen-bond acceptors (Lipinski definition) is 5. The molecule has 0 bridgehead atoms. The number of aromatic hydroxyl groups is 2. The highest BCUT2D eigenvalue weighted by molar-refractivity contribution is 5.85. The molecule has 0 saturated heterocycles. The molecule has 0 atom stereocenters. The molecular formula is C14H11N3O3. The van der Waals surface area contributed by atoms with Crippen molar-refractivity contribution in [3.8, 4) is 17.3 Å². The number of rotatable bonds is 1. The Kier molecular flexibility index (Phi) is 2.64. The van der Waals surface area contributed by atoms with Crippen LogP contribution in [0.4, 0.5) is 0 Å². The molecule has 0 fully saturated rings. The normalized spacial score (nSPS) is 10.8. The molecule has 0 spiro atoms. The molecule has 3 aromatic rings. The maximum atomic E-state index is 12.4. The molecule has 1 aromatic carbocycles. The van der Waals surface area contributed by atoms with E-state index in [-0.39, 0.29) is 22.4 Å². The van der Waals surface area contributed by atoms with Gasteiger partial charge in [-0.25, -0.2) is 9.97 Å². The van der Waals surface area contributed by atoms with E-state index >= 15 is 0 Å². The lowest BCUT2D eigenvalue weighted by Gasteiger charge is -2.07. The minimum absolute atomic E-state index is 0.0488. The van der Waals surface area contributed by atoms with Crippen molar-refractivity contribution < 1.29 is 10.2 Å². The lowest BCUT2D eigenvalue weighted by atomic mass is 10.2. The summed E-state index contributed by atoms with van der Waals surface area (Å²) in [6.45, 7) is 1.90. The summed E-state index contributed by atoms with van der Waals surface area (Å²) in [6.07, 6.45) is 2.96. The third kappa shape index (κ3) is 1.87. The van der Waals surface area contributed by atoms with Gasteiger partial charge in [0, 0.05) is 18.3 Å². The fourth-order valence-electron chi connectivity index (χ4n) is 1.98. The number of pyridine rings is 1. The smallest absolute Gasteiger partial charge is 0.270 e. The Labute approximate surface area is 113 Å². The number of aryl methyl sites for hydroxylation is 1. The van der Waals surface area contributed by atoms with Gasteiger partial charge in [-0.3, -0.25) is 9.36 Å². The monoisotopic (exact) mass is 269 g/mol. The largest absolute Gasteiger partial charge is 0.508 e. The quantitative estimate of drug-likeness (QED) is 0.699. The molecule has 0 unspecified atom stereocenters. The fourth-order valence-corrected chi connectivity index (χ4v) is 1.98. The van der Waals surface area contributed by atoms with Crippen LogP contribution in [0.25, 0.3) is 16.7 Å². The van der Waals surface area contributed by atoms with Gasteiger partial charge in [-0.15, -0.1) is 0 Å². The van der Waals surface area contributed by atoms with Crippen LogP contribution in [0.15, 0.2) is 41.6 Å². The molecule has 0 aliphatic heterocycles. The van der Waals surface area contributed by atoms with E-state index in [0.29, 0.717) is 5.82 Å². The van der Waals surface area contributed by atoms with Gasteiger partial charge in [-0.2, -0.15) is 0 Å². The lowest BCUT2D eigenvalue weighted by molar-refractivity contribution is 0.454. The molecule has 6 nitrogen and oxygen atoms in total. The van der Waals surface area contributed by atoms with Gasteiger partial charge in [0.25, 0.3) is 5.56 Å². The minimum atomic E-state index is -0.441. The van der Waals surface area contributed by atoms with E-state index in [9.17, 15) is 15.0 Å². The standard InChI is InChI=1S/C14H11N3O3/c1-8-2-3-12(15-6-8)17-7-16-10-4-9(18)5-11(19)13(10)14(17)20/h2-7,18-19H,1H3. The summed E-state index contributed by atoms with van der Waals surface area (Å²) in [6, 6.07) is 5.96. The first-order valence-corrected chi connectivity index (χ1v) is 5.92. The number of benzene rings is 1. The summed E-state index contributed by atoms with van der Waals surface area (Å²) in [5.74, 6) is -0.0328. The summed E-state index contributed by atoms with van der Waals surface area (Å²) in [5.41, 5.74) is 0.767. The van der Waals surface area contributed by atoms with Crippen molar-refractivity contribution in [1.29, 1.82) is 0 Å². The molecule has 0 aliphatic rings. The Balaban J connectivity index is 2.31. The van der Waals surface area contributed by atoms with Gasteiger partial charge in [0.2, 0.25) is 0 Å². The molecule has 0 radical (unpaired) electrons. The van der Waals surface area contributed by atoms with Crippen molar-refractivity contribution in [2.45, 2.75) is 6.92 Å². The van der Waals surface area contributed by atoms with E-state index < -0.39 is 5.56 Å². The van der Waals surface area contributed by atoms with Gasteiger partial charge in [0.05, 0.1) is 5.52 Å². The zero-order valence-corrected chi connectivity index (χ0v) is 10.6. The Bertz CT molecular complexity index is 854. The number of nitrogens with zero attached hydrogens (tertiary/aromatic N) is 3. The van der Waals surface area contributed by atoms with Crippen LogP contribution in [0.1, 0.15) is 5.56 Å². The van der Waals surface area contributed by atoms with Crippen LogP contribution in [-0.2, 0) is 0 Å². The number of fused-ring (bicyclic) bond motifs is 1. The molecular weight excluding hydrogens is 258 g/mol. The van der Waals surface area contributed by atoms with E-state index in [4.69, 9.17) is 0 Å². The molecule has 0 saturated carbocycles. The average Bonchev–Trinajstić information content (AvgIpc) is 2.39. The van der Waals surface area contributed by atoms with Crippen LogP contribution in [-0.4, -0.2) is 24.7 Å². The van der Waals surface area contributed by atoms with Crippen molar-refractivity contribution in [3.05, 3.63) is 52.7 Å². The summed E-state index contributed by atoms with van der Waals surface area (Å²) in [7, 11) is 0. The van der Waals surface area contributed by atoms with E-state index in [1.54, 1.807) is 12.3 Å². The average molecular weight is 269 g/mol. The highest BCUT2D eigenvalue weighted by Crippen LogP contribution is 2.25. The second-order valence-corrected chi connectivity index (χ2v) is 4.47. The molecule has 100 valence electrons. The molecule has 0 amide bonds. The summed E-state index contributed by atoms with van der Waals surface area (Å²) < 4.78 is 1.25. The lowest BCUT2D eigenvalue weighted by Crippen LogP contribution is -2.19. The first-order chi connectivity index (χ1) is 9.56. The van der Waals surface area contributed by atoms with Crippen molar-refractivity contribution in [2.24, 2.45) is 0 Å². The predicted molar refractivity (Wildman–Crippen MR) is 73.2 cm³/mol. The maximum Gasteiger partial charge on any atom is 0.270 e. The zero-order valence-electron chi connectivity index (χ0n) is 10.6. The molecule has 20 heavy (non-hydrogen) atoms. The SMILES string of the molecule is Cc1ccc(-n2cnc3cc(O)cc(O)c3c2=O)nc1. The van der Waals surface area contributed by atoms with Gasteiger partial charge in [-0.05, 0) is 18.6 Å². The van der Waals surface area contributed by atoms with Crippen LogP contribution in [0.5, 0.6) is 11.5 Å². The van der Waals surface area contributed by atoms with Crippen LogP contribution in [0, 0.1) is 6.92 Å². The Morgan fingerprint density at radius 2 is 1.95 bits per heavy atom. The molecule has 6 heteroatoms. The Morgan fingerprint density at radius 1 is 1.15 bits per heavy atom. The minimum Gasteiger partial charge on any atom is -0.508 e. The molecule has 2 heterocycles.